The quantitative estimate of drug-likeness (QED) is 0.722. The van der Waals surface area contributed by atoms with Crippen LogP contribution in [-0.4, -0.2) is 23.4 Å². The molecule has 3 rings (SSSR count). The summed E-state index contributed by atoms with van der Waals surface area (Å²) in [6.45, 7) is 3.45. The van der Waals surface area contributed by atoms with Crippen LogP contribution in [0.4, 0.5) is 0 Å². The van der Waals surface area contributed by atoms with Gasteiger partial charge in [-0.3, -0.25) is 4.79 Å². The van der Waals surface area contributed by atoms with Crippen molar-refractivity contribution in [1.29, 1.82) is 0 Å². The minimum Gasteiger partial charge on any atom is -0.340 e. The number of hydrogen-bond donors (Lipinski definition) is 0. The first-order valence-electron chi connectivity index (χ1n) is 9.02. The molecule has 1 aliphatic heterocycles. The Balaban J connectivity index is 0.00000121. The number of amides is 1. The molecule has 2 heteroatoms. The third-order valence-electron chi connectivity index (χ3n) is 6.17. The molecule has 2 aliphatic carbocycles. The van der Waals surface area contributed by atoms with E-state index < -0.39 is 0 Å². The molecular formula is C18H35NO. The highest BCUT2D eigenvalue weighted by atomic mass is 16.2. The molecule has 0 aromatic rings. The summed E-state index contributed by atoms with van der Waals surface area (Å²) in [5.41, 5.74) is 0. The number of carbonyl (C=O) groups excluding carboxylic acids is 1. The normalized spacial score (nSPS) is 39.2. The second-order valence-corrected chi connectivity index (χ2v) is 7.73. The Hall–Kier alpha value is -0.530. The number of carbonyl (C=O) groups is 1. The largest absolute Gasteiger partial charge is 0.340 e. The summed E-state index contributed by atoms with van der Waals surface area (Å²) < 4.78 is 0. The first-order valence-corrected chi connectivity index (χ1v) is 9.02. The summed E-state index contributed by atoms with van der Waals surface area (Å²) in [6.07, 6.45) is 14.6. The molecule has 0 N–H and O–H groups in total. The van der Waals surface area contributed by atoms with Gasteiger partial charge >= 0.3 is 0 Å². The van der Waals surface area contributed by atoms with E-state index in [1.54, 1.807) is 0 Å². The average molecular weight is 281 g/mol. The average Bonchev–Trinajstić information content (AvgIpc) is 2.89. The molecule has 0 unspecified atom stereocenters. The smallest absolute Gasteiger partial charge is 0.222 e. The molecule has 0 bridgehead atoms. The maximum atomic E-state index is 11.8. The zero-order valence-corrected chi connectivity index (χ0v) is 13.2. The summed E-state index contributed by atoms with van der Waals surface area (Å²) >= 11 is 0. The van der Waals surface area contributed by atoms with Gasteiger partial charge in [0, 0.05) is 21.9 Å². The lowest BCUT2D eigenvalue weighted by Crippen LogP contribution is -2.39. The van der Waals surface area contributed by atoms with Gasteiger partial charge in [0.2, 0.25) is 5.91 Å². The van der Waals surface area contributed by atoms with Crippen molar-refractivity contribution >= 4 is 5.91 Å². The van der Waals surface area contributed by atoms with Crippen LogP contribution in [0.2, 0.25) is 0 Å². The molecule has 1 heterocycles. The van der Waals surface area contributed by atoms with Crippen molar-refractivity contribution in [2.45, 2.75) is 83.6 Å². The van der Waals surface area contributed by atoms with Crippen LogP contribution in [0.15, 0.2) is 0 Å². The van der Waals surface area contributed by atoms with Crippen molar-refractivity contribution in [2.24, 2.45) is 17.8 Å². The van der Waals surface area contributed by atoms with Crippen molar-refractivity contribution in [3.63, 3.8) is 0 Å². The third kappa shape index (κ3) is 3.38. The molecule has 0 spiro atoms. The van der Waals surface area contributed by atoms with Gasteiger partial charge in [-0.25, -0.2) is 0 Å². The Morgan fingerprint density at radius 2 is 1.60 bits per heavy atom. The summed E-state index contributed by atoms with van der Waals surface area (Å²) in [4.78, 5) is 14.0. The number of hydrogen-bond acceptors (Lipinski definition) is 1. The van der Waals surface area contributed by atoms with Gasteiger partial charge < -0.3 is 4.90 Å². The number of likely N-dealkylation sites (tertiary alicyclic amines) is 1. The fourth-order valence-corrected chi connectivity index (χ4v) is 4.78. The lowest BCUT2D eigenvalue weighted by molar-refractivity contribution is -0.130. The van der Waals surface area contributed by atoms with Crippen LogP contribution in [0.25, 0.3) is 0 Å². The first-order chi connectivity index (χ1) is 9.72. The summed E-state index contributed by atoms with van der Waals surface area (Å²) in [5, 5.41) is 0. The van der Waals surface area contributed by atoms with E-state index in [9.17, 15) is 4.79 Å². The van der Waals surface area contributed by atoms with E-state index in [1.807, 2.05) is 0 Å². The maximum absolute atomic E-state index is 11.8. The summed E-state index contributed by atoms with van der Waals surface area (Å²) in [5.74, 6) is 3.38. The molecule has 2 nitrogen and oxygen atoms in total. The molecule has 2 saturated carbocycles. The predicted octanol–water partition coefficient (Wildman–Crippen LogP) is 4.88. The molecule has 1 saturated heterocycles. The highest BCUT2D eigenvalue weighted by Crippen LogP contribution is 2.38. The lowest BCUT2D eigenvalue weighted by atomic mass is 9.74. The molecule has 0 aromatic carbocycles. The van der Waals surface area contributed by atoms with Crippen molar-refractivity contribution in [3.8, 4) is 0 Å². The van der Waals surface area contributed by atoms with Gasteiger partial charge in [-0.15, -0.1) is 0 Å². The molecule has 0 aromatic heterocycles. The minimum atomic E-state index is 0. The zero-order valence-electron chi connectivity index (χ0n) is 13.2. The van der Waals surface area contributed by atoms with E-state index in [0.29, 0.717) is 11.9 Å². The van der Waals surface area contributed by atoms with E-state index in [4.69, 9.17) is 0 Å². The summed E-state index contributed by atoms with van der Waals surface area (Å²) in [7, 11) is 0. The highest BCUT2D eigenvalue weighted by Gasteiger charge is 2.32. The molecule has 1 amide bonds. The fraction of sp³-hybridized carbons (Fsp3) is 0.944. The minimum absolute atomic E-state index is 0. The van der Waals surface area contributed by atoms with E-state index >= 15 is 0 Å². The molecule has 3 aliphatic rings. The van der Waals surface area contributed by atoms with Crippen LogP contribution in [0.3, 0.4) is 0 Å². The van der Waals surface area contributed by atoms with Crippen molar-refractivity contribution < 1.29 is 7.65 Å². The van der Waals surface area contributed by atoms with E-state index in [2.05, 4.69) is 11.8 Å². The van der Waals surface area contributed by atoms with E-state index in [0.717, 1.165) is 37.1 Å². The van der Waals surface area contributed by atoms with Crippen LogP contribution in [0.1, 0.15) is 80.4 Å². The van der Waals surface area contributed by atoms with Crippen LogP contribution < -0.4 is 0 Å². The highest BCUT2D eigenvalue weighted by molar-refractivity contribution is 5.78. The molecule has 3 fully saturated rings. The van der Waals surface area contributed by atoms with E-state index in [-0.39, 0.29) is 2.85 Å². The van der Waals surface area contributed by atoms with Gasteiger partial charge in [0.05, 0.1) is 0 Å². The predicted molar refractivity (Wildman–Crippen MR) is 86.7 cm³/mol. The van der Waals surface area contributed by atoms with Crippen LogP contribution in [-0.2, 0) is 4.79 Å². The van der Waals surface area contributed by atoms with Crippen LogP contribution in [0, 0.1) is 17.8 Å². The Labute approximate surface area is 127 Å². The molecular weight excluding hydrogens is 246 g/mol. The van der Waals surface area contributed by atoms with Gasteiger partial charge in [-0.2, -0.15) is 0 Å². The van der Waals surface area contributed by atoms with Gasteiger partial charge in [0.15, 0.2) is 0 Å². The molecule has 0 radical (unpaired) electrons. The molecule has 20 heavy (non-hydrogen) atoms. The first kappa shape index (κ1) is 14.4. The second kappa shape index (κ2) is 6.49. The Morgan fingerprint density at radius 1 is 1.00 bits per heavy atom. The maximum Gasteiger partial charge on any atom is 0.222 e. The third-order valence-corrected chi connectivity index (χ3v) is 6.17. The van der Waals surface area contributed by atoms with Gasteiger partial charge in [0.1, 0.15) is 0 Å². The SMILES string of the molecule is CC1CCC(CC2CCC(N3CCCC3=O)CC2)CC1.[HH].[HH]. The van der Waals surface area contributed by atoms with Crippen molar-refractivity contribution in [3.05, 3.63) is 0 Å². The topological polar surface area (TPSA) is 20.3 Å². The summed E-state index contributed by atoms with van der Waals surface area (Å²) in [6, 6.07) is 0.590. The van der Waals surface area contributed by atoms with Crippen molar-refractivity contribution in [1.82, 2.24) is 4.90 Å². The lowest BCUT2D eigenvalue weighted by Gasteiger charge is -2.36. The second-order valence-electron chi connectivity index (χ2n) is 7.73. The van der Waals surface area contributed by atoms with Gasteiger partial charge in [-0.05, 0) is 56.3 Å². The van der Waals surface area contributed by atoms with E-state index in [1.165, 1.54) is 57.8 Å². The van der Waals surface area contributed by atoms with Crippen molar-refractivity contribution in [2.75, 3.05) is 6.54 Å². The number of nitrogens with zero attached hydrogens (tertiary/aromatic N) is 1. The Morgan fingerprint density at radius 3 is 2.15 bits per heavy atom. The number of rotatable bonds is 3. The molecule has 0 atom stereocenters. The van der Waals surface area contributed by atoms with Gasteiger partial charge in [0.25, 0.3) is 0 Å². The van der Waals surface area contributed by atoms with Crippen LogP contribution in [0.5, 0.6) is 0 Å². The fourth-order valence-electron chi connectivity index (χ4n) is 4.78. The Bertz CT molecular complexity index is 334. The molecule has 118 valence electrons. The standard InChI is InChI=1S/C18H31NO.2H2/c1-14-4-6-15(7-5-14)13-16-8-10-17(11-9-16)19-12-2-3-18(19)20;;/h14-17H,2-13H2,1H3;2*1H. The Kier molecular flexibility index (Phi) is 4.68. The monoisotopic (exact) mass is 281 g/mol. The van der Waals surface area contributed by atoms with Gasteiger partial charge in [-0.1, -0.05) is 32.6 Å². The van der Waals surface area contributed by atoms with Crippen LogP contribution >= 0.6 is 0 Å². The zero-order chi connectivity index (χ0) is 13.9.